The van der Waals surface area contributed by atoms with Crippen molar-refractivity contribution in [3.63, 3.8) is 0 Å². The number of carbonyl (C=O) groups excluding carboxylic acids is 2. The van der Waals surface area contributed by atoms with Crippen molar-refractivity contribution in [1.29, 1.82) is 0 Å². The van der Waals surface area contributed by atoms with Crippen molar-refractivity contribution in [3.8, 4) is 0 Å². The molecule has 1 aliphatic carbocycles. The van der Waals surface area contributed by atoms with Gasteiger partial charge < -0.3 is 10.2 Å². The maximum atomic E-state index is 14.1. The second-order valence-corrected chi connectivity index (χ2v) is 13.1. The van der Waals surface area contributed by atoms with Crippen LogP contribution < -0.4 is 9.62 Å². The monoisotopic (exact) mass is 595 g/mol. The molecule has 2 amide bonds. The topological polar surface area (TPSA) is 86.8 Å². The van der Waals surface area contributed by atoms with E-state index >= 15 is 0 Å². The van der Waals surface area contributed by atoms with Crippen LogP contribution in [0.4, 0.5) is 5.69 Å². The first-order valence-electron chi connectivity index (χ1n) is 14.0. The van der Waals surface area contributed by atoms with Gasteiger partial charge in [0.15, 0.2) is 0 Å². The van der Waals surface area contributed by atoms with Gasteiger partial charge in [-0.25, -0.2) is 8.42 Å². The van der Waals surface area contributed by atoms with Gasteiger partial charge in [0.1, 0.15) is 12.6 Å². The molecule has 1 atom stereocenters. The van der Waals surface area contributed by atoms with E-state index < -0.39 is 28.5 Å². The quantitative estimate of drug-likeness (QED) is 0.311. The summed E-state index contributed by atoms with van der Waals surface area (Å²) in [6.07, 6.45) is 5.13. The molecule has 0 saturated heterocycles. The third-order valence-electron chi connectivity index (χ3n) is 7.54. The predicted octanol–water partition coefficient (Wildman–Crippen LogP) is 6.02. The first-order valence-corrected chi connectivity index (χ1v) is 15.9. The Labute approximate surface area is 248 Å². The molecule has 0 unspecified atom stereocenters. The maximum absolute atomic E-state index is 14.1. The summed E-state index contributed by atoms with van der Waals surface area (Å²) in [5.41, 5.74) is 3.06. The average molecular weight is 596 g/mol. The van der Waals surface area contributed by atoms with E-state index in [4.69, 9.17) is 11.6 Å². The van der Waals surface area contributed by atoms with Crippen LogP contribution in [0.2, 0.25) is 5.02 Å². The molecular weight excluding hydrogens is 558 g/mol. The van der Waals surface area contributed by atoms with Crippen LogP contribution in [0.15, 0.2) is 77.7 Å². The average Bonchev–Trinajstić information content (AvgIpc) is 2.95. The predicted molar refractivity (Wildman–Crippen MR) is 163 cm³/mol. The minimum Gasteiger partial charge on any atom is -0.352 e. The van der Waals surface area contributed by atoms with Gasteiger partial charge >= 0.3 is 0 Å². The zero-order valence-electron chi connectivity index (χ0n) is 23.8. The van der Waals surface area contributed by atoms with E-state index in [1.54, 1.807) is 37.3 Å². The van der Waals surface area contributed by atoms with Crippen LogP contribution >= 0.6 is 11.6 Å². The van der Waals surface area contributed by atoms with E-state index in [0.717, 1.165) is 53.1 Å². The molecular formula is C32H38ClN3O4S. The number of hydrogen-bond acceptors (Lipinski definition) is 4. The zero-order chi connectivity index (χ0) is 29.6. The van der Waals surface area contributed by atoms with Gasteiger partial charge in [-0.1, -0.05) is 84.5 Å². The van der Waals surface area contributed by atoms with Gasteiger partial charge in [-0.15, -0.1) is 0 Å². The Morgan fingerprint density at radius 1 is 0.927 bits per heavy atom. The van der Waals surface area contributed by atoms with Crippen molar-refractivity contribution < 1.29 is 18.0 Å². The Balaban J connectivity index is 1.68. The van der Waals surface area contributed by atoms with Crippen LogP contribution in [-0.2, 0) is 26.2 Å². The number of amides is 2. The number of hydrogen-bond donors (Lipinski definition) is 1. The van der Waals surface area contributed by atoms with Crippen LogP contribution in [0, 0.1) is 13.8 Å². The molecule has 3 aromatic rings. The minimum absolute atomic E-state index is 0.0594. The second kappa shape index (κ2) is 13.5. The van der Waals surface area contributed by atoms with Gasteiger partial charge in [-0.05, 0) is 69.5 Å². The van der Waals surface area contributed by atoms with Gasteiger partial charge in [-0.3, -0.25) is 13.9 Å². The normalized spacial score (nSPS) is 14.7. The van der Waals surface area contributed by atoms with Crippen molar-refractivity contribution >= 4 is 39.1 Å². The summed E-state index contributed by atoms with van der Waals surface area (Å²) >= 11 is 6.24. The lowest BCUT2D eigenvalue weighted by Gasteiger charge is -2.33. The van der Waals surface area contributed by atoms with Crippen LogP contribution in [0.5, 0.6) is 0 Å². The van der Waals surface area contributed by atoms with Crippen molar-refractivity contribution in [3.05, 3.63) is 94.5 Å². The highest BCUT2D eigenvalue weighted by Gasteiger charge is 2.33. The van der Waals surface area contributed by atoms with Crippen molar-refractivity contribution in [1.82, 2.24) is 10.2 Å². The summed E-state index contributed by atoms with van der Waals surface area (Å²) in [7, 11) is -4.14. The van der Waals surface area contributed by atoms with Crippen LogP contribution in [0.25, 0.3) is 0 Å². The number of anilines is 1. The Bertz CT molecular complexity index is 1470. The summed E-state index contributed by atoms with van der Waals surface area (Å²) in [5.74, 6) is -0.734. The molecule has 0 radical (unpaired) electrons. The van der Waals surface area contributed by atoms with Gasteiger partial charge in [0.05, 0.1) is 10.6 Å². The van der Waals surface area contributed by atoms with Crippen molar-refractivity contribution in [2.75, 3.05) is 10.8 Å². The van der Waals surface area contributed by atoms with Crippen LogP contribution in [0.1, 0.15) is 55.7 Å². The second-order valence-electron chi connectivity index (χ2n) is 10.8. The highest BCUT2D eigenvalue weighted by atomic mass is 35.5. The lowest BCUT2D eigenvalue weighted by Crippen LogP contribution is -2.53. The highest BCUT2D eigenvalue weighted by molar-refractivity contribution is 7.92. The summed E-state index contributed by atoms with van der Waals surface area (Å²) < 4.78 is 28.9. The third kappa shape index (κ3) is 7.89. The number of carbonyl (C=O) groups is 2. The van der Waals surface area contributed by atoms with Gasteiger partial charge in [-0.2, -0.15) is 0 Å². The van der Waals surface area contributed by atoms with E-state index in [2.05, 4.69) is 5.32 Å². The molecule has 218 valence electrons. The largest absolute Gasteiger partial charge is 0.352 e. The lowest BCUT2D eigenvalue weighted by atomic mass is 9.95. The molecule has 1 saturated carbocycles. The summed E-state index contributed by atoms with van der Waals surface area (Å²) in [5, 5.41) is 3.47. The van der Waals surface area contributed by atoms with Crippen LogP contribution in [0.3, 0.4) is 0 Å². The fourth-order valence-electron chi connectivity index (χ4n) is 5.16. The summed E-state index contributed by atoms with van der Waals surface area (Å²) in [6.45, 7) is 5.20. The summed E-state index contributed by atoms with van der Waals surface area (Å²) in [4.78, 5) is 29.0. The Kier molecular flexibility index (Phi) is 10.1. The number of benzene rings is 3. The zero-order valence-corrected chi connectivity index (χ0v) is 25.4. The van der Waals surface area contributed by atoms with Gasteiger partial charge in [0.2, 0.25) is 11.8 Å². The molecule has 1 fully saturated rings. The van der Waals surface area contributed by atoms with Gasteiger partial charge in [0.25, 0.3) is 10.0 Å². The highest BCUT2D eigenvalue weighted by Crippen LogP contribution is 2.27. The molecule has 41 heavy (non-hydrogen) atoms. The fraction of sp³-hybridized carbons (Fsp3) is 0.375. The SMILES string of the molecule is Cc1ccc(S(=O)(=O)N(CC(=O)N(Cc2cccc(C)c2)[C@@H](C)C(=O)NC2CCCCC2)c2cccc(Cl)c2)cc1. The van der Waals surface area contributed by atoms with E-state index in [-0.39, 0.29) is 29.1 Å². The molecule has 7 nitrogen and oxygen atoms in total. The molecule has 9 heteroatoms. The number of nitrogens with one attached hydrogen (secondary N) is 1. The number of aryl methyl sites for hydroxylation is 2. The smallest absolute Gasteiger partial charge is 0.264 e. The van der Waals surface area contributed by atoms with Crippen molar-refractivity contribution in [2.24, 2.45) is 0 Å². The Morgan fingerprint density at radius 2 is 1.61 bits per heavy atom. The maximum Gasteiger partial charge on any atom is 0.264 e. The van der Waals surface area contributed by atoms with Crippen LogP contribution in [-0.4, -0.2) is 43.8 Å². The van der Waals surface area contributed by atoms with E-state index in [1.807, 2.05) is 38.1 Å². The first kappa shape index (κ1) is 30.6. The Morgan fingerprint density at radius 3 is 2.27 bits per heavy atom. The van der Waals surface area contributed by atoms with Gasteiger partial charge in [0, 0.05) is 17.6 Å². The number of nitrogens with zero attached hydrogens (tertiary/aromatic N) is 2. The number of sulfonamides is 1. The molecule has 0 spiro atoms. The molecule has 1 aliphatic rings. The first-order chi connectivity index (χ1) is 19.5. The minimum atomic E-state index is -4.14. The number of halogens is 1. The molecule has 0 aliphatic heterocycles. The molecule has 0 bridgehead atoms. The standard InChI is InChI=1S/C32H38ClN3O4S/c1-23-15-17-30(18-16-23)41(39,40)36(29-14-8-11-27(33)20-29)22-31(37)35(21-26-10-7-9-24(2)19-26)25(3)32(38)34-28-12-5-4-6-13-28/h7-11,14-20,25,28H,4-6,12-13,21-22H2,1-3H3,(H,34,38)/t25-/m0/s1. The van der Waals surface area contributed by atoms with E-state index in [9.17, 15) is 18.0 Å². The van der Waals surface area contributed by atoms with E-state index in [0.29, 0.717) is 5.02 Å². The lowest BCUT2D eigenvalue weighted by molar-refractivity contribution is -0.139. The van der Waals surface area contributed by atoms with Crippen molar-refractivity contribution in [2.45, 2.75) is 76.4 Å². The molecule has 4 rings (SSSR count). The summed E-state index contributed by atoms with van der Waals surface area (Å²) in [6, 6.07) is 19.9. The van der Waals surface area contributed by atoms with E-state index in [1.165, 1.54) is 23.1 Å². The fourth-order valence-corrected chi connectivity index (χ4v) is 6.75. The Hall–Kier alpha value is -3.36. The molecule has 3 aromatic carbocycles. The third-order valence-corrected chi connectivity index (χ3v) is 9.56. The molecule has 0 heterocycles. The number of rotatable bonds is 10. The molecule has 0 aromatic heterocycles. The molecule has 1 N–H and O–H groups in total.